The van der Waals surface area contributed by atoms with Crippen molar-refractivity contribution < 1.29 is 0 Å². The lowest BCUT2D eigenvalue weighted by Crippen LogP contribution is -2.17. The van der Waals surface area contributed by atoms with Crippen molar-refractivity contribution in [1.29, 1.82) is 0 Å². The van der Waals surface area contributed by atoms with Crippen molar-refractivity contribution in [2.45, 2.75) is 6.92 Å². The lowest BCUT2D eigenvalue weighted by atomic mass is 10.2. The average molecular weight is 381 g/mol. The molecular weight excluding hydrogens is 368 g/mol. The Morgan fingerprint density at radius 1 is 1.04 bits per heavy atom. The highest BCUT2D eigenvalue weighted by molar-refractivity contribution is 9.10. The molecule has 0 spiro atoms. The molecule has 118 valence electrons. The number of fused-ring (bicyclic) bond motifs is 2. The minimum atomic E-state index is -0.133. The van der Waals surface area contributed by atoms with Crippen LogP contribution in [0.4, 0.5) is 11.5 Å². The van der Waals surface area contributed by atoms with Gasteiger partial charge in [0, 0.05) is 11.9 Å². The Balaban J connectivity index is 1.92. The second-order valence-electron chi connectivity index (χ2n) is 5.48. The molecule has 0 fully saturated rings. The number of nitrogens with zero attached hydrogens (tertiary/aromatic N) is 3. The highest BCUT2D eigenvalue weighted by atomic mass is 79.9. The van der Waals surface area contributed by atoms with E-state index in [-0.39, 0.29) is 5.56 Å². The molecule has 0 amide bonds. The molecule has 2 heterocycles. The minimum absolute atomic E-state index is 0.133. The van der Waals surface area contributed by atoms with Gasteiger partial charge in [0.15, 0.2) is 0 Å². The smallest absolute Gasteiger partial charge is 0.266 e. The van der Waals surface area contributed by atoms with Gasteiger partial charge in [-0.2, -0.15) is 4.98 Å². The van der Waals surface area contributed by atoms with Crippen LogP contribution in [0.15, 0.2) is 64.0 Å². The summed E-state index contributed by atoms with van der Waals surface area (Å²) in [6.45, 7) is 2.02. The first-order valence-corrected chi connectivity index (χ1v) is 8.23. The van der Waals surface area contributed by atoms with E-state index in [0.29, 0.717) is 27.0 Å². The Morgan fingerprint density at radius 3 is 2.62 bits per heavy atom. The summed E-state index contributed by atoms with van der Waals surface area (Å²) < 4.78 is 2.15. The van der Waals surface area contributed by atoms with Crippen LogP contribution >= 0.6 is 15.9 Å². The monoisotopic (exact) mass is 380 g/mol. The van der Waals surface area contributed by atoms with Gasteiger partial charge in [-0.15, -0.1) is 0 Å². The van der Waals surface area contributed by atoms with Crippen molar-refractivity contribution in [3.05, 3.63) is 75.1 Å². The molecule has 0 radical (unpaired) electrons. The van der Waals surface area contributed by atoms with Crippen molar-refractivity contribution in [2.24, 2.45) is 0 Å². The molecule has 1 N–H and O–H groups in total. The molecule has 5 nitrogen and oxygen atoms in total. The number of halogens is 1. The normalized spacial score (nSPS) is 11.1. The predicted octanol–water partition coefficient (Wildman–Crippen LogP) is 4.06. The lowest BCUT2D eigenvalue weighted by Gasteiger charge is -2.11. The number of benzene rings is 2. The predicted molar refractivity (Wildman–Crippen MR) is 98.9 cm³/mol. The molecule has 2 aromatic carbocycles. The van der Waals surface area contributed by atoms with E-state index in [1.807, 2.05) is 49.4 Å². The van der Waals surface area contributed by atoms with Crippen molar-refractivity contribution in [1.82, 2.24) is 14.4 Å². The van der Waals surface area contributed by atoms with Crippen LogP contribution in [0.25, 0.3) is 16.7 Å². The van der Waals surface area contributed by atoms with Crippen molar-refractivity contribution in [3.63, 3.8) is 0 Å². The molecule has 0 aliphatic heterocycles. The number of para-hydroxylation sites is 2. The summed E-state index contributed by atoms with van der Waals surface area (Å²) >= 11 is 3.49. The highest BCUT2D eigenvalue weighted by Gasteiger charge is 2.11. The van der Waals surface area contributed by atoms with E-state index in [1.54, 1.807) is 12.3 Å². The molecule has 0 aliphatic rings. The van der Waals surface area contributed by atoms with Gasteiger partial charge in [0.2, 0.25) is 5.78 Å². The van der Waals surface area contributed by atoms with E-state index >= 15 is 0 Å². The molecule has 0 saturated carbocycles. The molecule has 0 unspecified atom stereocenters. The topological polar surface area (TPSA) is 59.3 Å². The molecular formula is C18H13BrN4O. The fourth-order valence-electron chi connectivity index (χ4n) is 2.59. The SMILES string of the molecule is Cc1ccccc1Nc1nc2nc3ccccc3c(=O)n2cc1Br. The molecule has 0 aliphatic carbocycles. The fourth-order valence-corrected chi connectivity index (χ4v) is 2.98. The van der Waals surface area contributed by atoms with Crippen molar-refractivity contribution in [2.75, 3.05) is 5.32 Å². The van der Waals surface area contributed by atoms with Gasteiger partial charge in [0.05, 0.1) is 15.4 Å². The maximum atomic E-state index is 12.6. The van der Waals surface area contributed by atoms with Gasteiger partial charge in [-0.3, -0.25) is 9.20 Å². The van der Waals surface area contributed by atoms with Crippen LogP contribution < -0.4 is 10.9 Å². The van der Waals surface area contributed by atoms with E-state index in [2.05, 4.69) is 31.2 Å². The molecule has 0 atom stereocenters. The van der Waals surface area contributed by atoms with E-state index in [9.17, 15) is 4.79 Å². The number of aryl methyl sites for hydroxylation is 1. The number of hydrogen-bond acceptors (Lipinski definition) is 4. The molecule has 4 aromatic rings. The second-order valence-corrected chi connectivity index (χ2v) is 6.34. The first-order chi connectivity index (χ1) is 11.6. The number of anilines is 2. The zero-order chi connectivity index (χ0) is 16.7. The Kier molecular flexibility index (Phi) is 3.54. The maximum Gasteiger partial charge on any atom is 0.266 e. The molecule has 24 heavy (non-hydrogen) atoms. The van der Waals surface area contributed by atoms with E-state index < -0.39 is 0 Å². The van der Waals surface area contributed by atoms with Crippen LogP contribution in [0.5, 0.6) is 0 Å². The Bertz CT molecular complexity index is 1140. The van der Waals surface area contributed by atoms with Crippen molar-refractivity contribution >= 4 is 44.1 Å². The fraction of sp³-hybridized carbons (Fsp3) is 0.0556. The summed E-state index contributed by atoms with van der Waals surface area (Å²) in [5, 5.41) is 3.86. The van der Waals surface area contributed by atoms with Gasteiger partial charge < -0.3 is 5.32 Å². The van der Waals surface area contributed by atoms with Gasteiger partial charge in [-0.25, -0.2) is 4.98 Å². The van der Waals surface area contributed by atoms with Gasteiger partial charge >= 0.3 is 0 Å². The molecule has 2 aromatic heterocycles. The van der Waals surface area contributed by atoms with Crippen LogP contribution in [0.3, 0.4) is 0 Å². The van der Waals surface area contributed by atoms with Crippen LogP contribution in [0.2, 0.25) is 0 Å². The van der Waals surface area contributed by atoms with Gasteiger partial charge in [-0.1, -0.05) is 30.3 Å². The number of nitrogens with one attached hydrogen (secondary N) is 1. The van der Waals surface area contributed by atoms with Crippen LogP contribution in [-0.4, -0.2) is 14.4 Å². The molecule has 0 saturated heterocycles. The van der Waals surface area contributed by atoms with Gasteiger partial charge in [-0.05, 0) is 46.6 Å². The Hall–Kier alpha value is -2.73. The van der Waals surface area contributed by atoms with Crippen LogP contribution in [0, 0.1) is 6.92 Å². The first kappa shape index (κ1) is 14.8. The summed E-state index contributed by atoms with van der Waals surface area (Å²) in [5.41, 5.74) is 2.57. The summed E-state index contributed by atoms with van der Waals surface area (Å²) in [5.74, 6) is 0.976. The van der Waals surface area contributed by atoms with Crippen LogP contribution in [0.1, 0.15) is 5.56 Å². The third-order valence-corrected chi connectivity index (χ3v) is 4.45. The Morgan fingerprint density at radius 2 is 1.79 bits per heavy atom. The first-order valence-electron chi connectivity index (χ1n) is 7.44. The van der Waals surface area contributed by atoms with E-state index in [4.69, 9.17) is 0 Å². The molecule has 0 bridgehead atoms. The van der Waals surface area contributed by atoms with Gasteiger partial charge in [0.1, 0.15) is 5.82 Å². The number of rotatable bonds is 2. The third kappa shape index (κ3) is 2.45. The van der Waals surface area contributed by atoms with E-state index in [0.717, 1.165) is 11.3 Å². The third-order valence-electron chi connectivity index (χ3n) is 3.87. The zero-order valence-corrected chi connectivity index (χ0v) is 14.4. The summed E-state index contributed by atoms with van der Waals surface area (Å²) in [6, 6.07) is 15.2. The zero-order valence-electron chi connectivity index (χ0n) is 12.8. The minimum Gasteiger partial charge on any atom is -0.339 e. The Labute approximate surface area is 146 Å². The number of hydrogen-bond donors (Lipinski definition) is 1. The second kappa shape index (κ2) is 5.72. The summed E-state index contributed by atoms with van der Waals surface area (Å²) in [7, 11) is 0. The average Bonchev–Trinajstić information content (AvgIpc) is 2.59. The van der Waals surface area contributed by atoms with Crippen molar-refractivity contribution in [3.8, 4) is 0 Å². The standard InChI is InChI=1S/C18H13BrN4O/c1-11-6-2-4-8-14(11)20-16-13(19)10-23-17(24)12-7-3-5-9-15(12)21-18(23)22-16/h2-10H,1H3,(H,20,21,22). The summed E-state index contributed by atoms with van der Waals surface area (Å²) in [6.07, 6.45) is 1.70. The largest absolute Gasteiger partial charge is 0.339 e. The van der Waals surface area contributed by atoms with E-state index in [1.165, 1.54) is 4.40 Å². The molecule has 6 heteroatoms. The van der Waals surface area contributed by atoms with Crippen LogP contribution in [-0.2, 0) is 0 Å². The molecule has 4 rings (SSSR count). The van der Waals surface area contributed by atoms with Gasteiger partial charge in [0.25, 0.3) is 5.56 Å². The number of aromatic nitrogens is 3. The quantitative estimate of drug-likeness (QED) is 0.532. The highest BCUT2D eigenvalue weighted by Crippen LogP contribution is 2.25. The summed E-state index contributed by atoms with van der Waals surface area (Å²) in [4.78, 5) is 21.6. The maximum absolute atomic E-state index is 12.6. The lowest BCUT2D eigenvalue weighted by molar-refractivity contribution is 1.02.